The minimum Gasteiger partial charge on any atom is -0.383 e. The van der Waals surface area contributed by atoms with Gasteiger partial charge in [0.15, 0.2) is 4.80 Å². The molecule has 0 aliphatic rings. The van der Waals surface area contributed by atoms with Crippen LogP contribution in [0.2, 0.25) is 15.1 Å². The van der Waals surface area contributed by atoms with E-state index in [0.29, 0.717) is 38.6 Å². The van der Waals surface area contributed by atoms with Crippen LogP contribution in [0.5, 0.6) is 0 Å². The normalized spacial score (nSPS) is 12.1. The standard InChI is InChI=1S/C17H13Cl3N2O2S/c1-24-8-7-22-15-13(6-5-12(19)14(15)20)25-17(22)21-16(23)10-3-2-4-11(18)9-10/h2-6,9H,7-8H2,1H3. The van der Waals surface area contributed by atoms with E-state index in [9.17, 15) is 4.79 Å². The monoisotopic (exact) mass is 414 g/mol. The molecule has 0 bridgehead atoms. The maximum Gasteiger partial charge on any atom is 0.279 e. The van der Waals surface area contributed by atoms with E-state index in [4.69, 9.17) is 39.5 Å². The Morgan fingerprint density at radius 2 is 2.04 bits per heavy atom. The van der Waals surface area contributed by atoms with Gasteiger partial charge in [0.25, 0.3) is 5.91 Å². The van der Waals surface area contributed by atoms with E-state index < -0.39 is 0 Å². The lowest BCUT2D eigenvalue weighted by molar-refractivity contribution is 0.0997. The van der Waals surface area contributed by atoms with Gasteiger partial charge >= 0.3 is 0 Å². The van der Waals surface area contributed by atoms with Crippen LogP contribution >= 0.6 is 46.1 Å². The zero-order valence-corrected chi connectivity index (χ0v) is 16.2. The number of hydrogen-bond acceptors (Lipinski definition) is 3. The summed E-state index contributed by atoms with van der Waals surface area (Å²) in [5.74, 6) is -0.373. The second-order valence-corrected chi connectivity index (χ2v) is 7.40. The van der Waals surface area contributed by atoms with E-state index in [-0.39, 0.29) is 5.91 Å². The van der Waals surface area contributed by atoms with Gasteiger partial charge in [-0.05, 0) is 30.3 Å². The molecule has 1 amide bonds. The Kier molecular flexibility index (Phi) is 5.81. The quantitative estimate of drug-likeness (QED) is 0.598. The average molecular weight is 416 g/mol. The van der Waals surface area contributed by atoms with Gasteiger partial charge in [0.2, 0.25) is 0 Å². The molecule has 3 rings (SSSR count). The Labute approximate surface area is 163 Å². The molecule has 8 heteroatoms. The average Bonchev–Trinajstić information content (AvgIpc) is 2.94. The number of carbonyl (C=O) groups excluding carboxylic acids is 1. The van der Waals surface area contributed by atoms with E-state index >= 15 is 0 Å². The van der Waals surface area contributed by atoms with Gasteiger partial charge in [-0.1, -0.05) is 52.2 Å². The van der Waals surface area contributed by atoms with Gasteiger partial charge in [0, 0.05) is 24.2 Å². The first-order valence-corrected chi connectivity index (χ1v) is 9.27. The van der Waals surface area contributed by atoms with Crippen molar-refractivity contribution in [2.75, 3.05) is 13.7 Å². The molecule has 2 aromatic carbocycles. The predicted molar refractivity (Wildman–Crippen MR) is 103 cm³/mol. The Morgan fingerprint density at radius 3 is 2.76 bits per heavy atom. The molecule has 1 heterocycles. The zero-order chi connectivity index (χ0) is 18.0. The van der Waals surface area contributed by atoms with Crippen molar-refractivity contribution in [1.82, 2.24) is 4.57 Å². The Bertz CT molecular complexity index is 1010. The fourth-order valence-electron chi connectivity index (χ4n) is 2.35. The molecular formula is C17H13Cl3N2O2S. The lowest BCUT2D eigenvalue weighted by atomic mass is 10.2. The highest BCUT2D eigenvalue weighted by Gasteiger charge is 2.14. The number of ether oxygens (including phenoxy) is 1. The van der Waals surface area contributed by atoms with Crippen LogP contribution in [0, 0.1) is 0 Å². The van der Waals surface area contributed by atoms with Crippen LogP contribution in [0.25, 0.3) is 10.2 Å². The maximum atomic E-state index is 12.5. The van der Waals surface area contributed by atoms with Gasteiger partial charge in [-0.25, -0.2) is 0 Å². The topological polar surface area (TPSA) is 43.6 Å². The van der Waals surface area contributed by atoms with Gasteiger partial charge in [-0.3, -0.25) is 4.79 Å². The number of fused-ring (bicyclic) bond motifs is 1. The summed E-state index contributed by atoms with van der Waals surface area (Å²) in [5.41, 5.74) is 1.17. The van der Waals surface area contributed by atoms with Crippen LogP contribution in [-0.2, 0) is 11.3 Å². The highest BCUT2D eigenvalue weighted by Crippen LogP contribution is 2.32. The Morgan fingerprint density at radius 1 is 1.24 bits per heavy atom. The Hall–Kier alpha value is -1.37. The number of hydrogen-bond donors (Lipinski definition) is 0. The minimum atomic E-state index is -0.373. The molecular weight excluding hydrogens is 403 g/mol. The third kappa shape index (κ3) is 3.91. The fraction of sp³-hybridized carbons (Fsp3) is 0.176. The van der Waals surface area contributed by atoms with Crippen LogP contribution in [0.4, 0.5) is 0 Å². The second kappa shape index (κ2) is 7.89. The molecule has 0 aliphatic carbocycles. The molecule has 1 aromatic heterocycles. The molecule has 0 spiro atoms. The van der Waals surface area contributed by atoms with Crippen molar-refractivity contribution in [3.05, 3.63) is 61.8 Å². The van der Waals surface area contributed by atoms with Crippen molar-refractivity contribution in [3.63, 3.8) is 0 Å². The second-order valence-electron chi connectivity index (χ2n) is 5.16. The molecule has 0 aliphatic heterocycles. The van der Waals surface area contributed by atoms with Crippen LogP contribution in [0.3, 0.4) is 0 Å². The number of rotatable bonds is 4. The number of amides is 1. The van der Waals surface area contributed by atoms with E-state index in [1.54, 1.807) is 37.4 Å². The maximum absolute atomic E-state index is 12.5. The highest BCUT2D eigenvalue weighted by atomic mass is 35.5. The molecule has 3 aromatic rings. The summed E-state index contributed by atoms with van der Waals surface area (Å²) in [6, 6.07) is 10.3. The number of aromatic nitrogens is 1. The van der Waals surface area contributed by atoms with Crippen molar-refractivity contribution in [2.24, 2.45) is 4.99 Å². The summed E-state index contributed by atoms with van der Waals surface area (Å²) in [4.78, 5) is 17.3. The molecule has 0 saturated heterocycles. The van der Waals surface area contributed by atoms with E-state index in [1.807, 2.05) is 10.6 Å². The number of methoxy groups -OCH3 is 1. The Balaban J connectivity index is 2.17. The summed E-state index contributed by atoms with van der Waals surface area (Å²) in [6.45, 7) is 0.950. The van der Waals surface area contributed by atoms with E-state index in [2.05, 4.69) is 4.99 Å². The van der Waals surface area contributed by atoms with Crippen molar-refractivity contribution < 1.29 is 9.53 Å². The first-order chi connectivity index (χ1) is 12.0. The van der Waals surface area contributed by atoms with Crippen molar-refractivity contribution in [1.29, 1.82) is 0 Å². The van der Waals surface area contributed by atoms with E-state index in [0.717, 1.165) is 10.2 Å². The first-order valence-electron chi connectivity index (χ1n) is 7.32. The van der Waals surface area contributed by atoms with Crippen LogP contribution in [0.1, 0.15) is 10.4 Å². The lowest BCUT2D eigenvalue weighted by Gasteiger charge is -2.06. The van der Waals surface area contributed by atoms with Gasteiger partial charge in [0.1, 0.15) is 0 Å². The predicted octanol–water partition coefficient (Wildman–Crippen LogP) is 5.05. The third-order valence-corrected chi connectivity index (χ3v) is 5.59. The molecule has 0 N–H and O–H groups in total. The van der Waals surface area contributed by atoms with E-state index in [1.165, 1.54) is 11.3 Å². The molecule has 0 fully saturated rings. The minimum absolute atomic E-state index is 0.373. The van der Waals surface area contributed by atoms with Gasteiger partial charge in [-0.15, -0.1) is 0 Å². The number of carbonyl (C=O) groups is 1. The van der Waals surface area contributed by atoms with Crippen LogP contribution in [-0.4, -0.2) is 24.2 Å². The van der Waals surface area contributed by atoms with Crippen molar-refractivity contribution in [2.45, 2.75) is 6.54 Å². The number of thiazole rings is 1. The van der Waals surface area contributed by atoms with Gasteiger partial charge < -0.3 is 9.30 Å². The molecule has 0 radical (unpaired) electrons. The van der Waals surface area contributed by atoms with Gasteiger partial charge in [0.05, 0.1) is 26.9 Å². The number of halogens is 3. The molecule has 25 heavy (non-hydrogen) atoms. The molecule has 4 nitrogen and oxygen atoms in total. The smallest absolute Gasteiger partial charge is 0.279 e. The van der Waals surface area contributed by atoms with Crippen LogP contribution < -0.4 is 4.80 Å². The summed E-state index contributed by atoms with van der Waals surface area (Å²) >= 11 is 19.8. The van der Waals surface area contributed by atoms with Gasteiger partial charge in [-0.2, -0.15) is 4.99 Å². The largest absolute Gasteiger partial charge is 0.383 e. The first kappa shape index (κ1) is 18.4. The van der Waals surface area contributed by atoms with Crippen molar-refractivity contribution >= 4 is 62.3 Å². The fourth-order valence-corrected chi connectivity index (χ4v) is 4.08. The van der Waals surface area contributed by atoms with Crippen LogP contribution in [0.15, 0.2) is 41.4 Å². The summed E-state index contributed by atoms with van der Waals surface area (Å²) in [7, 11) is 1.61. The molecule has 130 valence electrons. The number of benzene rings is 2. The van der Waals surface area contributed by atoms with Crippen molar-refractivity contribution in [3.8, 4) is 0 Å². The molecule has 0 saturated carbocycles. The summed E-state index contributed by atoms with van der Waals surface area (Å²) < 4.78 is 7.90. The number of nitrogens with zero attached hydrogens (tertiary/aromatic N) is 2. The highest BCUT2D eigenvalue weighted by molar-refractivity contribution is 7.16. The SMILES string of the molecule is COCCn1c(=NC(=O)c2cccc(Cl)c2)sc2ccc(Cl)c(Cl)c21. The molecule has 0 unspecified atom stereocenters. The summed E-state index contributed by atoms with van der Waals surface area (Å²) in [5, 5.41) is 1.37. The third-order valence-electron chi connectivity index (χ3n) is 3.52. The lowest BCUT2D eigenvalue weighted by Crippen LogP contribution is -2.19. The summed E-state index contributed by atoms with van der Waals surface area (Å²) in [6.07, 6.45) is 0. The molecule has 0 atom stereocenters. The zero-order valence-electron chi connectivity index (χ0n) is 13.1.